The molecular formula is C27H30N4O2. The summed E-state index contributed by atoms with van der Waals surface area (Å²) in [7, 11) is 0. The van der Waals surface area contributed by atoms with Crippen LogP contribution in [0.25, 0.3) is 16.9 Å². The average molecular weight is 443 g/mol. The van der Waals surface area contributed by atoms with E-state index in [1.165, 1.54) is 19.3 Å². The molecule has 0 radical (unpaired) electrons. The molecule has 4 saturated carbocycles. The average Bonchev–Trinajstić information content (AvgIpc) is 3.17. The molecule has 2 aromatic heterocycles. The molecule has 3 aromatic rings. The van der Waals surface area contributed by atoms with Crippen LogP contribution in [0.15, 0.2) is 54.7 Å². The smallest absolute Gasteiger partial charge is 0.227 e. The van der Waals surface area contributed by atoms with Gasteiger partial charge in [0.25, 0.3) is 0 Å². The van der Waals surface area contributed by atoms with E-state index in [1.807, 2.05) is 59.1 Å². The number of carbonyl (C=O) groups excluding carboxylic acids is 2. The van der Waals surface area contributed by atoms with Gasteiger partial charge >= 0.3 is 0 Å². The van der Waals surface area contributed by atoms with Crippen LogP contribution < -0.4 is 10.6 Å². The summed E-state index contributed by atoms with van der Waals surface area (Å²) in [5.74, 6) is 2.91. The topological polar surface area (TPSA) is 75.5 Å². The first-order chi connectivity index (χ1) is 16.1. The minimum atomic E-state index is -0.173. The van der Waals surface area contributed by atoms with Crippen molar-refractivity contribution in [3.05, 3.63) is 54.7 Å². The first-order valence-corrected chi connectivity index (χ1v) is 12.2. The number of imidazole rings is 1. The van der Waals surface area contributed by atoms with Crippen molar-refractivity contribution in [2.75, 3.05) is 11.9 Å². The normalized spacial score (nSPS) is 27.6. The quantitative estimate of drug-likeness (QED) is 0.583. The molecule has 0 atom stereocenters. The van der Waals surface area contributed by atoms with Crippen LogP contribution in [-0.4, -0.2) is 27.7 Å². The second-order valence-corrected chi connectivity index (χ2v) is 10.4. The predicted molar refractivity (Wildman–Crippen MR) is 127 cm³/mol. The van der Waals surface area contributed by atoms with Gasteiger partial charge < -0.3 is 10.6 Å². The molecule has 4 fully saturated rings. The molecule has 6 heteroatoms. The first-order valence-electron chi connectivity index (χ1n) is 12.2. The van der Waals surface area contributed by atoms with Gasteiger partial charge in [-0.3, -0.25) is 14.0 Å². The largest absolute Gasteiger partial charge is 0.355 e. The van der Waals surface area contributed by atoms with Crippen molar-refractivity contribution in [3.8, 4) is 11.3 Å². The van der Waals surface area contributed by atoms with Crippen molar-refractivity contribution in [1.82, 2.24) is 14.7 Å². The molecule has 0 saturated heterocycles. The second kappa shape index (κ2) is 8.01. The van der Waals surface area contributed by atoms with E-state index in [0.717, 1.165) is 53.9 Å². The Labute approximate surface area is 193 Å². The zero-order valence-corrected chi connectivity index (χ0v) is 18.8. The van der Waals surface area contributed by atoms with Crippen LogP contribution in [0.2, 0.25) is 0 Å². The summed E-state index contributed by atoms with van der Waals surface area (Å²) in [6.07, 6.45) is 9.22. The van der Waals surface area contributed by atoms with Crippen LogP contribution in [0, 0.1) is 23.2 Å². The minimum Gasteiger partial charge on any atom is -0.355 e. The summed E-state index contributed by atoms with van der Waals surface area (Å²) in [6.45, 7) is 0.365. The Balaban J connectivity index is 1.13. The molecule has 4 aliphatic carbocycles. The van der Waals surface area contributed by atoms with Gasteiger partial charge in [-0.05, 0) is 68.4 Å². The Bertz CT molecular complexity index is 1160. The van der Waals surface area contributed by atoms with Crippen molar-refractivity contribution < 1.29 is 9.59 Å². The molecule has 2 amide bonds. The minimum absolute atomic E-state index is 0.122. The van der Waals surface area contributed by atoms with E-state index < -0.39 is 0 Å². The zero-order valence-electron chi connectivity index (χ0n) is 18.8. The highest BCUT2D eigenvalue weighted by Crippen LogP contribution is 2.60. The van der Waals surface area contributed by atoms with Gasteiger partial charge in [0, 0.05) is 30.1 Å². The van der Waals surface area contributed by atoms with Crippen LogP contribution >= 0.6 is 0 Å². The van der Waals surface area contributed by atoms with E-state index in [-0.39, 0.29) is 23.7 Å². The summed E-state index contributed by atoms with van der Waals surface area (Å²) in [5.41, 5.74) is 2.30. The standard InChI is InChI=1S/C27H30N4O2/c32-23(9-10-28-26(33)27-15-18-12-19(16-27)14-20(13-18)17-27)30-25-24(21-6-2-1-3-7-21)29-22-8-4-5-11-31(22)25/h1-8,11,18-20H,9-10,12-17H2,(H,28,33)(H,30,32). The summed E-state index contributed by atoms with van der Waals surface area (Å²) < 4.78 is 1.90. The molecule has 2 heterocycles. The van der Waals surface area contributed by atoms with Gasteiger partial charge in [0.2, 0.25) is 11.8 Å². The number of hydrogen-bond donors (Lipinski definition) is 2. The van der Waals surface area contributed by atoms with E-state index in [2.05, 4.69) is 10.6 Å². The van der Waals surface area contributed by atoms with Gasteiger partial charge in [0.15, 0.2) is 0 Å². The number of amides is 2. The van der Waals surface area contributed by atoms with E-state index in [4.69, 9.17) is 4.98 Å². The lowest BCUT2D eigenvalue weighted by Crippen LogP contribution is -2.53. The Morgan fingerprint density at radius 1 is 0.939 bits per heavy atom. The fourth-order valence-corrected chi connectivity index (χ4v) is 6.97. The van der Waals surface area contributed by atoms with Crippen molar-refractivity contribution in [3.63, 3.8) is 0 Å². The Morgan fingerprint density at radius 2 is 1.61 bits per heavy atom. The van der Waals surface area contributed by atoms with Crippen LogP contribution in [-0.2, 0) is 9.59 Å². The Kier molecular flexibility index (Phi) is 4.97. The summed E-state index contributed by atoms with van der Waals surface area (Å²) in [4.78, 5) is 30.7. The molecular weight excluding hydrogens is 412 g/mol. The fourth-order valence-electron chi connectivity index (χ4n) is 6.97. The molecule has 33 heavy (non-hydrogen) atoms. The SMILES string of the molecule is O=C(CCNC(=O)C12CC3CC(CC(C3)C1)C2)Nc1c(-c2ccccc2)nc2ccccn12. The molecule has 0 aliphatic heterocycles. The number of fused-ring (bicyclic) bond motifs is 1. The number of aromatic nitrogens is 2. The lowest BCUT2D eigenvalue weighted by atomic mass is 9.49. The van der Waals surface area contributed by atoms with Crippen molar-refractivity contribution in [2.24, 2.45) is 23.2 Å². The molecule has 170 valence electrons. The van der Waals surface area contributed by atoms with Crippen LogP contribution in [0.5, 0.6) is 0 Å². The van der Waals surface area contributed by atoms with E-state index >= 15 is 0 Å². The zero-order chi connectivity index (χ0) is 22.4. The Hall–Kier alpha value is -3.15. The maximum absolute atomic E-state index is 13.2. The number of pyridine rings is 1. The highest BCUT2D eigenvalue weighted by molar-refractivity contribution is 5.95. The van der Waals surface area contributed by atoms with Crippen molar-refractivity contribution >= 4 is 23.3 Å². The number of anilines is 1. The number of hydrogen-bond acceptors (Lipinski definition) is 3. The predicted octanol–water partition coefficient (Wildman–Crippen LogP) is 4.66. The van der Waals surface area contributed by atoms with Gasteiger partial charge in [-0.2, -0.15) is 0 Å². The third kappa shape index (κ3) is 3.71. The van der Waals surface area contributed by atoms with Crippen molar-refractivity contribution in [2.45, 2.75) is 44.9 Å². The second-order valence-electron chi connectivity index (χ2n) is 10.4. The highest BCUT2D eigenvalue weighted by atomic mass is 16.2. The summed E-state index contributed by atoms with van der Waals surface area (Å²) in [5, 5.41) is 6.16. The third-order valence-electron chi connectivity index (χ3n) is 7.99. The summed E-state index contributed by atoms with van der Waals surface area (Å²) >= 11 is 0. The highest BCUT2D eigenvalue weighted by Gasteiger charge is 2.54. The van der Waals surface area contributed by atoms with Gasteiger partial charge in [-0.25, -0.2) is 4.98 Å². The van der Waals surface area contributed by atoms with Gasteiger partial charge in [0.1, 0.15) is 17.2 Å². The molecule has 7 rings (SSSR count). The Morgan fingerprint density at radius 3 is 2.30 bits per heavy atom. The fraction of sp³-hybridized carbons (Fsp3) is 0.444. The van der Waals surface area contributed by atoms with Crippen LogP contribution in [0.1, 0.15) is 44.9 Å². The maximum Gasteiger partial charge on any atom is 0.227 e. The molecule has 0 spiro atoms. The monoisotopic (exact) mass is 442 g/mol. The number of nitrogens with zero attached hydrogens (tertiary/aromatic N) is 2. The molecule has 1 aromatic carbocycles. The molecule has 4 aliphatic rings. The molecule has 6 nitrogen and oxygen atoms in total. The summed E-state index contributed by atoms with van der Waals surface area (Å²) in [6, 6.07) is 15.6. The number of nitrogens with one attached hydrogen (secondary N) is 2. The third-order valence-corrected chi connectivity index (χ3v) is 7.99. The molecule has 2 N–H and O–H groups in total. The number of benzene rings is 1. The van der Waals surface area contributed by atoms with Crippen LogP contribution in [0.4, 0.5) is 5.82 Å². The van der Waals surface area contributed by atoms with E-state index in [0.29, 0.717) is 12.4 Å². The lowest BCUT2D eigenvalue weighted by Gasteiger charge is -2.55. The lowest BCUT2D eigenvalue weighted by molar-refractivity contribution is -0.146. The van der Waals surface area contributed by atoms with E-state index in [9.17, 15) is 9.59 Å². The number of rotatable bonds is 6. The molecule has 4 bridgehead atoms. The number of carbonyl (C=O) groups is 2. The van der Waals surface area contributed by atoms with Gasteiger partial charge in [-0.15, -0.1) is 0 Å². The van der Waals surface area contributed by atoms with Gasteiger partial charge in [-0.1, -0.05) is 36.4 Å². The first kappa shape index (κ1) is 20.5. The van der Waals surface area contributed by atoms with Crippen LogP contribution in [0.3, 0.4) is 0 Å². The maximum atomic E-state index is 13.2. The van der Waals surface area contributed by atoms with Gasteiger partial charge in [0.05, 0.1) is 0 Å². The van der Waals surface area contributed by atoms with Crippen molar-refractivity contribution in [1.29, 1.82) is 0 Å². The molecule has 0 unspecified atom stereocenters. The van der Waals surface area contributed by atoms with E-state index in [1.54, 1.807) is 0 Å².